The lowest BCUT2D eigenvalue weighted by Crippen LogP contribution is -2.10. The van der Waals surface area contributed by atoms with Gasteiger partial charge >= 0.3 is 0 Å². The summed E-state index contributed by atoms with van der Waals surface area (Å²) in [5, 5.41) is 9.90. The van der Waals surface area contributed by atoms with Crippen molar-refractivity contribution < 1.29 is 0 Å². The minimum absolute atomic E-state index is 0.0724. The average Bonchev–Trinajstić information content (AvgIpc) is 3.10. The molecule has 0 atom stereocenters. The summed E-state index contributed by atoms with van der Waals surface area (Å²) in [4.78, 5) is 4.60. The zero-order valence-electron chi connectivity index (χ0n) is 15.8. The first-order chi connectivity index (χ1) is 13.0. The van der Waals surface area contributed by atoms with Crippen LogP contribution in [0.4, 0.5) is 0 Å². The van der Waals surface area contributed by atoms with Crippen molar-refractivity contribution in [3.63, 3.8) is 0 Å². The molecule has 0 unspecified atom stereocenters. The van der Waals surface area contributed by atoms with E-state index in [1.54, 1.807) is 0 Å². The fraction of sp³-hybridized carbons (Fsp3) is 0.167. The van der Waals surface area contributed by atoms with Gasteiger partial charge in [0.1, 0.15) is 12.4 Å². The Morgan fingerprint density at radius 2 is 1.70 bits per heavy atom. The van der Waals surface area contributed by atoms with Crippen molar-refractivity contribution in [3.8, 4) is 22.9 Å². The highest BCUT2D eigenvalue weighted by Crippen LogP contribution is 2.31. The Labute approximate surface area is 159 Å². The standard InChI is InChI=1S/C24H21N3/c1-24(2,3)18-12-13-23-21(14-18)26-16-27(23)22-11-7-10-19(20(22)15-25)17-8-5-4-6-9-17/h4-14,16H,1-3H3. The quantitative estimate of drug-likeness (QED) is 0.454. The van der Waals surface area contributed by atoms with Crippen LogP contribution in [0.5, 0.6) is 0 Å². The van der Waals surface area contributed by atoms with Crippen LogP contribution < -0.4 is 0 Å². The number of hydrogen-bond donors (Lipinski definition) is 0. The second-order valence-corrected chi connectivity index (χ2v) is 7.75. The first-order valence-electron chi connectivity index (χ1n) is 9.05. The summed E-state index contributed by atoms with van der Waals surface area (Å²) in [5.41, 5.74) is 6.75. The van der Waals surface area contributed by atoms with Crippen LogP contribution in [-0.4, -0.2) is 9.55 Å². The molecule has 0 aliphatic carbocycles. The molecule has 0 saturated heterocycles. The maximum absolute atomic E-state index is 9.90. The van der Waals surface area contributed by atoms with Crippen LogP contribution in [0.25, 0.3) is 27.8 Å². The molecule has 3 heteroatoms. The van der Waals surface area contributed by atoms with Gasteiger partial charge in [-0.05, 0) is 34.7 Å². The number of imidazole rings is 1. The zero-order chi connectivity index (χ0) is 19.0. The maximum atomic E-state index is 9.90. The third kappa shape index (κ3) is 3.00. The molecular weight excluding hydrogens is 330 g/mol. The van der Waals surface area contributed by atoms with Gasteiger partial charge in [0.05, 0.1) is 22.3 Å². The number of nitrogens with zero attached hydrogens (tertiary/aromatic N) is 3. The average molecular weight is 351 g/mol. The van der Waals surface area contributed by atoms with Gasteiger partial charge in [0.25, 0.3) is 0 Å². The summed E-state index contributed by atoms with van der Waals surface area (Å²) >= 11 is 0. The smallest absolute Gasteiger partial charge is 0.102 e. The first kappa shape index (κ1) is 17.1. The normalized spacial score (nSPS) is 11.5. The van der Waals surface area contributed by atoms with E-state index in [0.717, 1.165) is 27.8 Å². The zero-order valence-corrected chi connectivity index (χ0v) is 15.8. The maximum Gasteiger partial charge on any atom is 0.102 e. The Balaban J connectivity index is 1.91. The van der Waals surface area contributed by atoms with E-state index >= 15 is 0 Å². The van der Waals surface area contributed by atoms with E-state index < -0.39 is 0 Å². The minimum atomic E-state index is 0.0724. The highest BCUT2D eigenvalue weighted by molar-refractivity contribution is 5.81. The second-order valence-electron chi connectivity index (χ2n) is 7.75. The predicted molar refractivity (Wildman–Crippen MR) is 110 cm³/mol. The van der Waals surface area contributed by atoms with Gasteiger partial charge in [-0.25, -0.2) is 4.98 Å². The van der Waals surface area contributed by atoms with Crippen LogP contribution in [0, 0.1) is 11.3 Å². The van der Waals surface area contributed by atoms with E-state index in [9.17, 15) is 5.26 Å². The molecule has 0 N–H and O–H groups in total. The van der Waals surface area contributed by atoms with Crippen molar-refractivity contribution in [2.75, 3.05) is 0 Å². The topological polar surface area (TPSA) is 41.6 Å². The Bertz CT molecular complexity index is 1160. The summed E-state index contributed by atoms with van der Waals surface area (Å²) in [7, 11) is 0. The SMILES string of the molecule is CC(C)(C)c1ccc2c(c1)ncn2-c1cccc(-c2ccccc2)c1C#N. The third-order valence-corrected chi connectivity index (χ3v) is 4.91. The second kappa shape index (κ2) is 6.41. The van der Waals surface area contributed by atoms with Crippen molar-refractivity contribution >= 4 is 11.0 Å². The molecule has 0 radical (unpaired) electrons. The summed E-state index contributed by atoms with van der Waals surface area (Å²) < 4.78 is 2.01. The van der Waals surface area contributed by atoms with E-state index in [4.69, 9.17) is 0 Å². The predicted octanol–water partition coefficient (Wildman–Crippen LogP) is 5.86. The Hall–Kier alpha value is -3.38. The van der Waals surface area contributed by atoms with Crippen LogP contribution in [0.1, 0.15) is 31.9 Å². The Kier molecular flexibility index (Phi) is 4.05. The molecule has 27 heavy (non-hydrogen) atoms. The van der Waals surface area contributed by atoms with Crippen LogP contribution in [0.15, 0.2) is 73.1 Å². The molecule has 4 rings (SSSR count). The molecule has 3 aromatic carbocycles. The van der Waals surface area contributed by atoms with E-state index in [-0.39, 0.29) is 5.41 Å². The van der Waals surface area contributed by atoms with Crippen molar-refractivity contribution in [2.45, 2.75) is 26.2 Å². The lowest BCUT2D eigenvalue weighted by molar-refractivity contribution is 0.591. The van der Waals surface area contributed by atoms with Crippen molar-refractivity contribution in [1.82, 2.24) is 9.55 Å². The lowest BCUT2D eigenvalue weighted by atomic mass is 9.87. The molecule has 0 amide bonds. The summed E-state index contributed by atoms with van der Waals surface area (Å²) in [6.07, 6.45) is 1.81. The highest BCUT2D eigenvalue weighted by atomic mass is 15.0. The molecule has 1 aromatic heterocycles. The van der Waals surface area contributed by atoms with Gasteiger partial charge in [-0.3, -0.25) is 4.57 Å². The fourth-order valence-corrected chi connectivity index (χ4v) is 3.39. The van der Waals surface area contributed by atoms with Gasteiger partial charge in [-0.1, -0.05) is 69.3 Å². The molecule has 0 bridgehead atoms. The van der Waals surface area contributed by atoms with Crippen LogP contribution in [0.3, 0.4) is 0 Å². The van der Waals surface area contributed by atoms with Crippen molar-refractivity contribution in [3.05, 3.63) is 84.2 Å². The minimum Gasteiger partial charge on any atom is -0.297 e. The summed E-state index contributed by atoms with van der Waals surface area (Å²) in [5.74, 6) is 0. The molecule has 0 saturated carbocycles. The summed E-state index contributed by atoms with van der Waals surface area (Å²) in [6, 6.07) is 24.8. The van der Waals surface area contributed by atoms with Crippen molar-refractivity contribution in [1.29, 1.82) is 5.26 Å². The monoisotopic (exact) mass is 351 g/mol. The van der Waals surface area contributed by atoms with E-state index in [0.29, 0.717) is 5.56 Å². The van der Waals surface area contributed by atoms with Gasteiger partial charge in [0.15, 0.2) is 0 Å². The fourth-order valence-electron chi connectivity index (χ4n) is 3.39. The largest absolute Gasteiger partial charge is 0.297 e. The van der Waals surface area contributed by atoms with Gasteiger partial charge in [0.2, 0.25) is 0 Å². The van der Waals surface area contributed by atoms with Gasteiger partial charge in [0, 0.05) is 5.56 Å². The number of hydrogen-bond acceptors (Lipinski definition) is 2. The molecule has 4 aromatic rings. The van der Waals surface area contributed by atoms with E-state index in [2.05, 4.69) is 50.0 Å². The molecular formula is C24H21N3. The van der Waals surface area contributed by atoms with Gasteiger partial charge < -0.3 is 0 Å². The number of fused-ring (bicyclic) bond motifs is 1. The van der Waals surface area contributed by atoms with E-state index in [1.165, 1.54) is 5.56 Å². The number of rotatable bonds is 2. The molecule has 132 valence electrons. The van der Waals surface area contributed by atoms with Crippen LogP contribution >= 0.6 is 0 Å². The first-order valence-corrected chi connectivity index (χ1v) is 9.05. The number of benzene rings is 3. The molecule has 0 aliphatic heterocycles. The van der Waals surface area contributed by atoms with Crippen LogP contribution in [0.2, 0.25) is 0 Å². The van der Waals surface area contributed by atoms with E-state index in [1.807, 2.05) is 59.4 Å². The number of aromatic nitrogens is 2. The molecule has 0 spiro atoms. The van der Waals surface area contributed by atoms with Gasteiger partial charge in [-0.2, -0.15) is 5.26 Å². The Morgan fingerprint density at radius 1 is 0.926 bits per heavy atom. The molecule has 3 nitrogen and oxygen atoms in total. The molecule has 0 aliphatic rings. The van der Waals surface area contributed by atoms with Crippen molar-refractivity contribution in [2.24, 2.45) is 0 Å². The summed E-state index contributed by atoms with van der Waals surface area (Å²) in [6.45, 7) is 6.59. The Morgan fingerprint density at radius 3 is 2.41 bits per heavy atom. The van der Waals surface area contributed by atoms with Gasteiger partial charge in [-0.15, -0.1) is 0 Å². The highest BCUT2D eigenvalue weighted by Gasteiger charge is 2.17. The number of nitriles is 1. The third-order valence-electron chi connectivity index (χ3n) is 4.91. The molecule has 1 heterocycles. The molecule has 0 fully saturated rings. The lowest BCUT2D eigenvalue weighted by Gasteiger charge is -2.19. The van der Waals surface area contributed by atoms with Crippen LogP contribution in [-0.2, 0) is 5.41 Å².